The van der Waals surface area contributed by atoms with E-state index in [1.54, 1.807) is 18.2 Å². The number of nitrogens with one attached hydrogen (secondary N) is 2. The van der Waals surface area contributed by atoms with E-state index in [0.717, 1.165) is 20.1 Å². The van der Waals surface area contributed by atoms with Crippen LogP contribution in [0.25, 0.3) is 5.57 Å². The topological polar surface area (TPSA) is 58.0 Å². The van der Waals surface area contributed by atoms with E-state index in [0.29, 0.717) is 43.4 Å². The van der Waals surface area contributed by atoms with Gasteiger partial charge in [-0.25, -0.2) is 0 Å². The number of nitrogens with zero attached hydrogens (tertiary/aromatic N) is 2. The third-order valence-electron chi connectivity index (χ3n) is 4.91. The number of nitrogens with two attached hydrogens (primary N) is 1. The van der Waals surface area contributed by atoms with Gasteiger partial charge in [-0.05, 0) is 23.8 Å². The highest BCUT2D eigenvalue weighted by Crippen LogP contribution is 2.41. The van der Waals surface area contributed by atoms with Crippen molar-refractivity contribution in [1.82, 2.24) is 15.1 Å². The zero-order valence-corrected chi connectivity index (χ0v) is 16.0. The van der Waals surface area contributed by atoms with Crippen LogP contribution in [-0.4, -0.2) is 47.9 Å². The Kier molecular flexibility index (Phi) is 5.10. The maximum absolute atomic E-state index is 15.5. The van der Waals surface area contributed by atoms with Crippen molar-refractivity contribution in [2.75, 3.05) is 26.2 Å². The average molecular weight is 404 g/mol. The van der Waals surface area contributed by atoms with E-state index in [1.807, 2.05) is 30.3 Å². The van der Waals surface area contributed by atoms with Crippen LogP contribution in [0.4, 0.5) is 8.63 Å². The number of aromatic nitrogens is 1. The Balaban J connectivity index is 1.80. The minimum absolute atomic E-state index is 0.0170. The van der Waals surface area contributed by atoms with Gasteiger partial charge in [-0.2, -0.15) is 0 Å². The standard InChI is InChI=1S/C19H21BClF2N5/c21-17-8-6-15-19(14-4-2-1-3-5-14)16-7-9-18(26-13-12-25-11-10-24)28(16)20(22,23)27(15)17/h1-9,25-26H,10-13,24H2. The summed E-state index contributed by atoms with van der Waals surface area (Å²) in [5, 5.41) is 6.27. The maximum Gasteiger partial charge on any atom is 0.640 e. The molecule has 0 aliphatic carbocycles. The molecule has 0 saturated carbocycles. The quantitative estimate of drug-likeness (QED) is 0.512. The van der Waals surface area contributed by atoms with Crippen LogP contribution in [0.3, 0.4) is 0 Å². The van der Waals surface area contributed by atoms with Crippen LogP contribution in [0.15, 0.2) is 60.3 Å². The number of allylic oxidation sites excluding steroid dienone is 1. The van der Waals surface area contributed by atoms with Crippen molar-refractivity contribution in [1.29, 1.82) is 0 Å². The van der Waals surface area contributed by atoms with E-state index >= 15 is 8.63 Å². The van der Waals surface area contributed by atoms with Crippen molar-refractivity contribution in [3.8, 4) is 0 Å². The molecular formula is C19H21BClF2N5. The molecule has 2 aliphatic heterocycles. The maximum atomic E-state index is 15.5. The van der Waals surface area contributed by atoms with Gasteiger partial charge in [0, 0.05) is 37.0 Å². The Labute approximate surface area is 167 Å². The summed E-state index contributed by atoms with van der Waals surface area (Å²) in [5.74, 6) is 0.360. The van der Waals surface area contributed by atoms with Crippen LogP contribution in [0.2, 0.25) is 5.15 Å². The average Bonchev–Trinajstić information content (AvgIpc) is 3.28. The normalized spacial score (nSPS) is 17.1. The zero-order valence-electron chi connectivity index (χ0n) is 15.2. The monoisotopic (exact) mass is 403 g/mol. The number of halogens is 3. The van der Waals surface area contributed by atoms with Crippen LogP contribution in [-0.2, 0) is 0 Å². The van der Waals surface area contributed by atoms with Gasteiger partial charge in [0.05, 0.1) is 17.4 Å². The third-order valence-corrected chi connectivity index (χ3v) is 5.22. The SMILES string of the molecule is NCCNCCNC1=[N+]2C(=C(c3ccccc3)c3ccc(Cl)n3[B-]2(F)F)C=C1. The fourth-order valence-corrected chi connectivity index (χ4v) is 4.00. The van der Waals surface area contributed by atoms with E-state index in [1.165, 1.54) is 6.07 Å². The predicted octanol–water partition coefficient (Wildman–Crippen LogP) is 2.26. The molecule has 0 fully saturated rings. The molecule has 0 spiro atoms. The van der Waals surface area contributed by atoms with Gasteiger partial charge in [-0.3, -0.25) is 5.32 Å². The highest BCUT2D eigenvalue weighted by Gasteiger charge is 2.49. The first kappa shape index (κ1) is 18.9. The molecule has 0 bridgehead atoms. The van der Waals surface area contributed by atoms with Crippen molar-refractivity contribution in [2.45, 2.75) is 0 Å². The van der Waals surface area contributed by atoms with Crippen LogP contribution in [0, 0.1) is 0 Å². The summed E-state index contributed by atoms with van der Waals surface area (Å²) in [6, 6.07) is 12.7. The molecule has 0 saturated heterocycles. The third kappa shape index (κ3) is 3.07. The number of benzene rings is 1. The van der Waals surface area contributed by atoms with Crippen molar-refractivity contribution in [3.63, 3.8) is 0 Å². The van der Waals surface area contributed by atoms with Gasteiger partial charge < -0.3 is 28.6 Å². The Bertz CT molecular complexity index is 981. The van der Waals surface area contributed by atoms with E-state index in [4.69, 9.17) is 17.3 Å². The Hall–Kier alpha value is -2.42. The molecule has 2 aliphatic rings. The fourth-order valence-electron chi connectivity index (χ4n) is 3.73. The number of hydrogen-bond acceptors (Lipinski definition) is 3. The molecule has 146 valence electrons. The van der Waals surface area contributed by atoms with Crippen molar-refractivity contribution in [2.24, 2.45) is 5.73 Å². The molecule has 0 atom stereocenters. The highest BCUT2D eigenvalue weighted by atomic mass is 35.5. The molecule has 1 aromatic carbocycles. The van der Waals surface area contributed by atoms with Crippen LogP contribution < -0.4 is 16.4 Å². The van der Waals surface area contributed by atoms with E-state index in [-0.39, 0.29) is 5.15 Å². The highest BCUT2D eigenvalue weighted by molar-refractivity contribution is 6.59. The van der Waals surface area contributed by atoms with Gasteiger partial charge >= 0.3 is 6.97 Å². The van der Waals surface area contributed by atoms with E-state index < -0.39 is 6.97 Å². The lowest BCUT2D eigenvalue weighted by atomic mass is 9.86. The number of hydrogen-bond donors (Lipinski definition) is 3. The van der Waals surface area contributed by atoms with Crippen molar-refractivity contribution in [3.05, 3.63) is 76.7 Å². The van der Waals surface area contributed by atoms with Gasteiger partial charge in [0.25, 0.3) is 0 Å². The molecule has 28 heavy (non-hydrogen) atoms. The summed E-state index contributed by atoms with van der Waals surface area (Å²) in [6.07, 6.45) is 3.43. The summed E-state index contributed by atoms with van der Waals surface area (Å²) in [6.45, 7) is -1.78. The summed E-state index contributed by atoms with van der Waals surface area (Å²) in [7, 11) is 0. The number of rotatable bonds is 6. The smallest absolute Gasteiger partial charge is 0.414 e. The molecule has 0 radical (unpaired) electrons. The molecule has 1 aromatic heterocycles. The second-order valence-electron chi connectivity index (χ2n) is 6.68. The molecule has 2 aromatic rings. The molecule has 5 nitrogen and oxygen atoms in total. The van der Waals surface area contributed by atoms with Crippen molar-refractivity contribution >= 4 is 30.0 Å². The summed E-state index contributed by atoms with van der Waals surface area (Å²) >= 11 is 6.17. The Morgan fingerprint density at radius 1 is 1.04 bits per heavy atom. The zero-order chi connectivity index (χ0) is 19.7. The van der Waals surface area contributed by atoms with Crippen LogP contribution >= 0.6 is 11.6 Å². The van der Waals surface area contributed by atoms with Gasteiger partial charge in [0.1, 0.15) is 0 Å². The predicted molar refractivity (Wildman–Crippen MR) is 110 cm³/mol. The molecule has 4 rings (SSSR count). The molecule has 4 N–H and O–H groups in total. The lowest BCUT2D eigenvalue weighted by Gasteiger charge is -2.36. The molecule has 9 heteroatoms. The van der Waals surface area contributed by atoms with Crippen molar-refractivity contribution < 1.29 is 13.1 Å². The summed E-state index contributed by atoms with van der Waals surface area (Å²) in [4.78, 5) is 0. The van der Waals surface area contributed by atoms with Gasteiger partial charge in [-0.1, -0.05) is 41.9 Å². The minimum Gasteiger partial charge on any atom is -0.414 e. The first-order valence-corrected chi connectivity index (χ1v) is 9.62. The lowest BCUT2D eigenvalue weighted by molar-refractivity contribution is -0.363. The Morgan fingerprint density at radius 2 is 1.82 bits per heavy atom. The molecule has 3 heterocycles. The Morgan fingerprint density at radius 3 is 2.57 bits per heavy atom. The van der Waals surface area contributed by atoms with Gasteiger partial charge in [0.15, 0.2) is 0 Å². The van der Waals surface area contributed by atoms with Crippen LogP contribution in [0.1, 0.15) is 11.3 Å². The second kappa shape index (κ2) is 7.54. The number of amidine groups is 1. The fraction of sp³-hybridized carbons (Fsp3) is 0.211. The van der Waals surface area contributed by atoms with Gasteiger partial charge in [-0.15, -0.1) is 0 Å². The summed E-state index contributed by atoms with van der Waals surface area (Å²) < 4.78 is 33.0. The molecular weight excluding hydrogens is 383 g/mol. The van der Waals surface area contributed by atoms with E-state index in [9.17, 15) is 0 Å². The summed E-state index contributed by atoms with van der Waals surface area (Å²) in [5.41, 5.74) is 7.93. The van der Waals surface area contributed by atoms with Gasteiger partial charge in [0.2, 0.25) is 5.84 Å². The molecule has 0 unspecified atom stereocenters. The number of fused-ring (bicyclic) bond motifs is 2. The van der Waals surface area contributed by atoms with E-state index in [2.05, 4.69) is 10.6 Å². The molecule has 0 amide bonds. The first-order chi connectivity index (χ1) is 13.6. The first-order valence-electron chi connectivity index (χ1n) is 9.24. The largest absolute Gasteiger partial charge is 0.640 e. The lowest BCUT2D eigenvalue weighted by Crippen LogP contribution is -2.53. The van der Waals surface area contributed by atoms with Crippen LogP contribution in [0.5, 0.6) is 0 Å². The minimum atomic E-state index is -4.12. The second-order valence-corrected chi connectivity index (χ2v) is 7.07.